The molecule has 0 aliphatic heterocycles. The minimum absolute atomic E-state index is 0.317. The first-order chi connectivity index (χ1) is 6.65. The molecule has 0 aliphatic rings. The Hall–Kier alpha value is -0.970. The van der Waals surface area contributed by atoms with Crippen LogP contribution in [0.5, 0.6) is 0 Å². The molecule has 0 saturated heterocycles. The molecule has 0 fully saturated rings. The molecule has 3 nitrogen and oxygen atoms in total. The van der Waals surface area contributed by atoms with Crippen molar-refractivity contribution in [1.29, 1.82) is 0 Å². The summed E-state index contributed by atoms with van der Waals surface area (Å²) in [6, 6.07) is 0.317. The SMILES string of the molecule is CCC(C)NCc1nccn1C(F)F. The quantitative estimate of drug-likeness (QED) is 0.794. The van der Waals surface area contributed by atoms with Crippen molar-refractivity contribution in [3.05, 3.63) is 18.2 Å². The van der Waals surface area contributed by atoms with Crippen LogP contribution < -0.4 is 5.32 Å². The summed E-state index contributed by atoms with van der Waals surface area (Å²) >= 11 is 0. The third-order valence-electron chi connectivity index (χ3n) is 2.18. The molecule has 1 atom stereocenters. The van der Waals surface area contributed by atoms with Gasteiger partial charge in [0.15, 0.2) is 0 Å². The van der Waals surface area contributed by atoms with Crippen molar-refractivity contribution in [3.63, 3.8) is 0 Å². The summed E-state index contributed by atoms with van der Waals surface area (Å²) in [5.41, 5.74) is 0. The molecule has 1 rings (SSSR count). The van der Waals surface area contributed by atoms with Crippen LogP contribution in [0.3, 0.4) is 0 Å². The molecular formula is C9H15F2N3. The Bertz CT molecular complexity index is 273. The molecule has 5 heteroatoms. The predicted molar refractivity (Wildman–Crippen MR) is 50.1 cm³/mol. The minimum Gasteiger partial charge on any atom is -0.307 e. The summed E-state index contributed by atoms with van der Waals surface area (Å²) in [5, 5.41) is 3.11. The number of nitrogens with one attached hydrogen (secondary N) is 1. The van der Waals surface area contributed by atoms with Gasteiger partial charge in [0.05, 0.1) is 6.54 Å². The molecule has 14 heavy (non-hydrogen) atoms. The topological polar surface area (TPSA) is 29.9 Å². The first-order valence-electron chi connectivity index (χ1n) is 4.68. The Kier molecular flexibility index (Phi) is 4.00. The molecule has 1 aromatic heterocycles. The Labute approximate surface area is 82.1 Å². The monoisotopic (exact) mass is 203 g/mol. The molecule has 0 spiro atoms. The normalized spacial score (nSPS) is 13.5. The van der Waals surface area contributed by atoms with E-state index in [1.54, 1.807) is 0 Å². The largest absolute Gasteiger partial charge is 0.319 e. The highest BCUT2D eigenvalue weighted by Gasteiger charge is 2.11. The Balaban J connectivity index is 2.54. The van der Waals surface area contributed by atoms with Gasteiger partial charge >= 0.3 is 6.55 Å². The summed E-state index contributed by atoms with van der Waals surface area (Å²) in [6.45, 7) is 1.92. The highest BCUT2D eigenvalue weighted by molar-refractivity contribution is 4.92. The first-order valence-corrected chi connectivity index (χ1v) is 4.68. The number of rotatable bonds is 5. The van der Waals surface area contributed by atoms with Gasteiger partial charge in [0.25, 0.3) is 0 Å². The summed E-state index contributed by atoms with van der Waals surface area (Å²) < 4.78 is 25.6. The van der Waals surface area contributed by atoms with Gasteiger partial charge in [-0.05, 0) is 13.3 Å². The molecule has 1 N–H and O–H groups in total. The van der Waals surface area contributed by atoms with Crippen LogP contribution in [0, 0.1) is 0 Å². The molecule has 0 bridgehead atoms. The lowest BCUT2D eigenvalue weighted by Gasteiger charge is -2.11. The number of hydrogen-bond donors (Lipinski definition) is 1. The van der Waals surface area contributed by atoms with Crippen molar-refractivity contribution in [2.45, 2.75) is 39.4 Å². The second-order valence-electron chi connectivity index (χ2n) is 3.22. The van der Waals surface area contributed by atoms with Gasteiger partial charge in [0, 0.05) is 18.4 Å². The van der Waals surface area contributed by atoms with E-state index in [1.807, 2.05) is 13.8 Å². The fourth-order valence-corrected chi connectivity index (χ4v) is 1.07. The van der Waals surface area contributed by atoms with Crippen molar-refractivity contribution in [2.75, 3.05) is 0 Å². The van der Waals surface area contributed by atoms with Gasteiger partial charge < -0.3 is 5.32 Å². The Morgan fingerprint density at radius 1 is 1.57 bits per heavy atom. The zero-order valence-corrected chi connectivity index (χ0v) is 8.37. The van der Waals surface area contributed by atoms with E-state index in [4.69, 9.17) is 0 Å². The number of aromatic nitrogens is 2. The minimum atomic E-state index is -2.51. The Morgan fingerprint density at radius 3 is 2.86 bits per heavy atom. The van der Waals surface area contributed by atoms with E-state index in [0.717, 1.165) is 11.0 Å². The predicted octanol–water partition coefficient (Wildman–Crippen LogP) is 2.17. The van der Waals surface area contributed by atoms with E-state index in [-0.39, 0.29) is 0 Å². The molecule has 1 heterocycles. The van der Waals surface area contributed by atoms with Crippen LogP contribution in [0.15, 0.2) is 12.4 Å². The zero-order valence-electron chi connectivity index (χ0n) is 8.37. The maximum atomic E-state index is 12.4. The van der Waals surface area contributed by atoms with E-state index in [1.165, 1.54) is 12.4 Å². The van der Waals surface area contributed by atoms with Crippen molar-refractivity contribution in [1.82, 2.24) is 14.9 Å². The standard InChI is InChI=1S/C9H15F2N3/c1-3-7(2)13-6-8-12-4-5-14(8)9(10)11/h4-5,7,9,13H,3,6H2,1-2H3. The number of halogens is 2. The summed E-state index contributed by atoms with van der Waals surface area (Å²) in [5.74, 6) is 0.375. The highest BCUT2D eigenvalue weighted by atomic mass is 19.3. The van der Waals surface area contributed by atoms with Crippen LogP contribution in [0.2, 0.25) is 0 Å². The lowest BCUT2D eigenvalue weighted by molar-refractivity contribution is 0.0665. The van der Waals surface area contributed by atoms with Crippen LogP contribution in [0.1, 0.15) is 32.6 Å². The molecule has 0 amide bonds. The van der Waals surface area contributed by atoms with Crippen LogP contribution in [0.4, 0.5) is 8.78 Å². The van der Waals surface area contributed by atoms with Gasteiger partial charge in [-0.3, -0.25) is 4.57 Å². The summed E-state index contributed by atoms with van der Waals surface area (Å²) in [6.07, 6.45) is 3.65. The first kappa shape index (κ1) is 11.1. The third-order valence-corrected chi connectivity index (χ3v) is 2.18. The lowest BCUT2D eigenvalue weighted by atomic mass is 10.2. The van der Waals surface area contributed by atoms with Crippen molar-refractivity contribution in [2.24, 2.45) is 0 Å². The fourth-order valence-electron chi connectivity index (χ4n) is 1.07. The second kappa shape index (κ2) is 5.05. The maximum absolute atomic E-state index is 12.4. The average molecular weight is 203 g/mol. The Morgan fingerprint density at radius 2 is 2.29 bits per heavy atom. The number of hydrogen-bond acceptors (Lipinski definition) is 2. The van der Waals surface area contributed by atoms with E-state index >= 15 is 0 Å². The molecule has 80 valence electrons. The number of imidazole rings is 1. The van der Waals surface area contributed by atoms with Gasteiger partial charge in [-0.1, -0.05) is 6.92 Å². The number of alkyl halides is 2. The van der Waals surface area contributed by atoms with Crippen LogP contribution >= 0.6 is 0 Å². The van der Waals surface area contributed by atoms with E-state index in [9.17, 15) is 8.78 Å². The summed E-state index contributed by atoms with van der Waals surface area (Å²) in [7, 11) is 0. The second-order valence-corrected chi connectivity index (χ2v) is 3.22. The smallest absolute Gasteiger partial charge is 0.307 e. The third kappa shape index (κ3) is 2.77. The van der Waals surface area contributed by atoms with Crippen LogP contribution in [0.25, 0.3) is 0 Å². The maximum Gasteiger partial charge on any atom is 0.319 e. The molecule has 0 aliphatic carbocycles. The van der Waals surface area contributed by atoms with E-state index in [2.05, 4.69) is 10.3 Å². The molecule has 1 aromatic rings. The van der Waals surface area contributed by atoms with Gasteiger partial charge in [0.2, 0.25) is 0 Å². The molecule has 1 unspecified atom stereocenters. The van der Waals surface area contributed by atoms with E-state index < -0.39 is 6.55 Å². The highest BCUT2D eigenvalue weighted by Crippen LogP contribution is 2.12. The van der Waals surface area contributed by atoms with Gasteiger partial charge in [-0.2, -0.15) is 8.78 Å². The molecule has 0 aromatic carbocycles. The lowest BCUT2D eigenvalue weighted by Crippen LogP contribution is -2.26. The molecule has 0 saturated carbocycles. The zero-order chi connectivity index (χ0) is 10.6. The van der Waals surface area contributed by atoms with Gasteiger partial charge in [-0.25, -0.2) is 4.98 Å². The fraction of sp³-hybridized carbons (Fsp3) is 0.667. The van der Waals surface area contributed by atoms with Crippen LogP contribution in [-0.4, -0.2) is 15.6 Å². The molecular weight excluding hydrogens is 188 g/mol. The summed E-state index contributed by atoms with van der Waals surface area (Å²) in [4.78, 5) is 3.86. The van der Waals surface area contributed by atoms with E-state index in [0.29, 0.717) is 18.4 Å². The van der Waals surface area contributed by atoms with Crippen molar-refractivity contribution in [3.8, 4) is 0 Å². The molecule has 0 radical (unpaired) electrons. The average Bonchev–Trinajstić information content (AvgIpc) is 2.62. The number of nitrogens with zero attached hydrogens (tertiary/aromatic N) is 2. The van der Waals surface area contributed by atoms with Crippen LogP contribution in [-0.2, 0) is 6.54 Å². The van der Waals surface area contributed by atoms with Gasteiger partial charge in [0.1, 0.15) is 5.82 Å². The van der Waals surface area contributed by atoms with Crippen molar-refractivity contribution < 1.29 is 8.78 Å². The van der Waals surface area contributed by atoms with Crippen molar-refractivity contribution >= 4 is 0 Å². The van der Waals surface area contributed by atoms with Gasteiger partial charge in [-0.15, -0.1) is 0 Å².